The zero-order chi connectivity index (χ0) is 16.3. The Bertz CT molecular complexity index is 533. The SMILES string of the molecule is CC1(CCc2ccccc2)CCN(C(=O)[C@@H]2CC[C@H](CN)O2)C1. The molecule has 1 amide bonds. The van der Waals surface area contributed by atoms with E-state index >= 15 is 0 Å². The molecular weight excluding hydrogens is 288 g/mol. The monoisotopic (exact) mass is 316 g/mol. The summed E-state index contributed by atoms with van der Waals surface area (Å²) in [6.45, 7) is 4.53. The normalized spacial score (nSPS) is 30.8. The third kappa shape index (κ3) is 3.93. The van der Waals surface area contributed by atoms with Gasteiger partial charge in [-0.15, -0.1) is 0 Å². The van der Waals surface area contributed by atoms with Gasteiger partial charge in [-0.1, -0.05) is 37.3 Å². The number of ether oxygens (including phenoxy) is 1. The molecule has 0 saturated carbocycles. The van der Waals surface area contributed by atoms with Crippen LogP contribution in [0.3, 0.4) is 0 Å². The summed E-state index contributed by atoms with van der Waals surface area (Å²) in [6, 6.07) is 10.6. The number of amides is 1. The second-order valence-corrected chi connectivity index (χ2v) is 7.37. The summed E-state index contributed by atoms with van der Waals surface area (Å²) in [6.07, 6.45) is 4.81. The molecule has 2 aliphatic rings. The number of carbonyl (C=O) groups excluding carboxylic acids is 1. The number of nitrogens with zero attached hydrogens (tertiary/aromatic N) is 1. The molecule has 2 heterocycles. The van der Waals surface area contributed by atoms with Crippen molar-refractivity contribution >= 4 is 5.91 Å². The molecule has 0 radical (unpaired) electrons. The van der Waals surface area contributed by atoms with Gasteiger partial charge in [0.05, 0.1) is 6.10 Å². The van der Waals surface area contributed by atoms with Gasteiger partial charge in [0, 0.05) is 19.6 Å². The van der Waals surface area contributed by atoms with E-state index in [1.807, 2.05) is 4.90 Å². The van der Waals surface area contributed by atoms with Gasteiger partial charge >= 0.3 is 0 Å². The molecule has 0 aromatic heterocycles. The molecular formula is C19H28N2O2. The van der Waals surface area contributed by atoms with E-state index in [0.29, 0.717) is 6.54 Å². The van der Waals surface area contributed by atoms with Crippen molar-refractivity contribution in [1.82, 2.24) is 4.90 Å². The molecule has 1 unspecified atom stereocenters. The van der Waals surface area contributed by atoms with E-state index in [9.17, 15) is 4.79 Å². The standard InChI is InChI=1S/C19H28N2O2/c1-19(10-9-15-5-3-2-4-6-15)11-12-21(14-19)18(22)17-8-7-16(13-20)23-17/h2-6,16-17H,7-14,20H2,1H3/t16-,17+,19?/m1/s1. The molecule has 2 N–H and O–H groups in total. The fourth-order valence-corrected chi connectivity index (χ4v) is 3.77. The first-order valence-corrected chi connectivity index (χ1v) is 8.78. The summed E-state index contributed by atoms with van der Waals surface area (Å²) in [7, 11) is 0. The highest BCUT2D eigenvalue weighted by atomic mass is 16.5. The molecule has 2 aliphatic heterocycles. The van der Waals surface area contributed by atoms with Gasteiger partial charge in [-0.2, -0.15) is 0 Å². The highest BCUT2D eigenvalue weighted by molar-refractivity contribution is 5.81. The second kappa shape index (κ2) is 7.02. The number of carbonyl (C=O) groups is 1. The van der Waals surface area contributed by atoms with Crippen molar-refractivity contribution in [3.8, 4) is 0 Å². The maximum atomic E-state index is 12.6. The Labute approximate surface area is 139 Å². The van der Waals surface area contributed by atoms with E-state index < -0.39 is 0 Å². The first kappa shape index (κ1) is 16.5. The predicted molar refractivity (Wildman–Crippen MR) is 91.0 cm³/mol. The van der Waals surface area contributed by atoms with Gasteiger partial charge < -0.3 is 15.4 Å². The van der Waals surface area contributed by atoms with Crippen LogP contribution in [0.15, 0.2) is 30.3 Å². The molecule has 0 bridgehead atoms. The lowest BCUT2D eigenvalue weighted by molar-refractivity contribution is -0.142. The largest absolute Gasteiger partial charge is 0.364 e. The first-order chi connectivity index (χ1) is 11.1. The van der Waals surface area contributed by atoms with E-state index in [1.54, 1.807) is 0 Å². The number of aryl methyl sites for hydroxylation is 1. The number of benzene rings is 1. The van der Waals surface area contributed by atoms with Crippen LogP contribution in [0, 0.1) is 5.41 Å². The van der Waals surface area contributed by atoms with Gasteiger partial charge in [-0.05, 0) is 43.1 Å². The lowest BCUT2D eigenvalue weighted by Crippen LogP contribution is -2.39. The quantitative estimate of drug-likeness (QED) is 0.907. The van der Waals surface area contributed by atoms with Crippen molar-refractivity contribution in [1.29, 1.82) is 0 Å². The fourth-order valence-electron chi connectivity index (χ4n) is 3.77. The number of nitrogens with two attached hydrogens (primary N) is 1. The zero-order valence-electron chi connectivity index (χ0n) is 14.0. The van der Waals surface area contributed by atoms with Crippen LogP contribution in [0.2, 0.25) is 0 Å². The first-order valence-electron chi connectivity index (χ1n) is 8.78. The molecule has 4 nitrogen and oxygen atoms in total. The molecule has 3 rings (SSSR count). The van der Waals surface area contributed by atoms with Crippen LogP contribution in [0.5, 0.6) is 0 Å². The smallest absolute Gasteiger partial charge is 0.251 e. The fraction of sp³-hybridized carbons (Fsp3) is 0.632. The summed E-state index contributed by atoms with van der Waals surface area (Å²) < 4.78 is 5.77. The molecule has 1 aromatic carbocycles. The van der Waals surface area contributed by atoms with E-state index in [-0.39, 0.29) is 23.5 Å². The predicted octanol–water partition coefficient (Wildman–Crippen LogP) is 2.36. The zero-order valence-corrected chi connectivity index (χ0v) is 14.0. The molecule has 0 spiro atoms. The summed E-state index contributed by atoms with van der Waals surface area (Å²) in [5.41, 5.74) is 7.24. The Morgan fingerprint density at radius 2 is 2.13 bits per heavy atom. The highest BCUT2D eigenvalue weighted by Crippen LogP contribution is 2.35. The van der Waals surface area contributed by atoms with Gasteiger partial charge in [-0.3, -0.25) is 4.79 Å². The number of hydrogen-bond donors (Lipinski definition) is 1. The molecule has 0 aliphatic carbocycles. The van der Waals surface area contributed by atoms with Gasteiger partial charge in [-0.25, -0.2) is 0 Å². The molecule has 4 heteroatoms. The van der Waals surface area contributed by atoms with E-state index in [4.69, 9.17) is 10.5 Å². The maximum Gasteiger partial charge on any atom is 0.251 e. The van der Waals surface area contributed by atoms with E-state index in [0.717, 1.165) is 45.2 Å². The minimum Gasteiger partial charge on any atom is -0.364 e. The van der Waals surface area contributed by atoms with Crippen LogP contribution in [0.4, 0.5) is 0 Å². The number of likely N-dealkylation sites (tertiary alicyclic amines) is 1. The summed E-state index contributed by atoms with van der Waals surface area (Å²) >= 11 is 0. The maximum absolute atomic E-state index is 12.6. The van der Waals surface area contributed by atoms with Crippen molar-refractivity contribution in [2.75, 3.05) is 19.6 Å². The number of hydrogen-bond acceptors (Lipinski definition) is 3. The summed E-state index contributed by atoms with van der Waals surface area (Å²) in [5.74, 6) is 0.171. The van der Waals surface area contributed by atoms with Crippen molar-refractivity contribution < 1.29 is 9.53 Å². The molecule has 1 aromatic rings. The Hall–Kier alpha value is -1.39. The van der Waals surface area contributed by atoms with Crippen LogP contribution in [-0.2, 0) is 16.0 Å². The molecule has 3 atom stereocenters. The van der Waals surface area contributed by atoms with Crippen LogP contribution in [-0.4, -0.2) is 42.6 Å². The Kier molecular flexibility index (Phi) is 5.02. The second-order valence-electron chi connectivity index (χ2n) is 7.37. The minimum absolute atomic E-state index is 0.0658. The lowest BCUT2D eigenvalue weighted by atomic mass is 9.83. The number of rotatable bonds is 5. The Morgan fingerprint density at radius 3 is 2.83 bits per heavy atom. The average Bonchev–Trinajstić information content (AvgIpc) is 3.21. The summed E-state index contributed by atoms with van der Waals surface area (Å²) in [5, 5.41) is 0. The molecule has 2 saturated heterocycles. The molecule has 23 heavy (non-hydrogen) atoms. The van der Waals surface area contributed by atoms with Gasteiger partial charge in [0.1, 0.15) is 6.10 Å². The highest BCUT2D eigenvalue weighted by Gasteiger charge is 2.40. The minimum atomic E-state index is -0.264. The van der Waals surface area contributed by atoms with Crippen LogP contribution < -0.4 is 5.73 Å². The van der Waals surface area contributed by atoms with Crippen molar-refractivity contribution in [3.63, 3.8) is 0 Å². The van der Waals surface area contributed by atoms with Crippen molar-refractivity contribution in [2.45, 2.75) is 51.2 Å². The third-order valence-electron chi connectivity index (χ3n) is 5.38. The van der Waals surface area contributed by atoms with Crippen LogP contribution >= 0.6 is 0 Å². The average molecular weight is 316 g/mol. The van der Waals surface area contributed by atoms with Crippen LogP contribution in [0.25, 0.3) is 0 Å². The van der Waals surface area contributed by atoms with Gasteiger partial charge in [0.15, 0.2) is 0 Å². The summed E-state index contributed by atoms with van der Waals surface area (Å²) in [4.78, 5) is 14.6. The molecule has 126 valence electrons. The van der Waals surface area contributed by atoms with E-state index in [2.05, 4.69) is 37.3 Å². The molecule has 2 fully saturated rings. The van der Waals surface area contributed by atoms with Crippen molar-refractivity contribution in [3.05, 3.63) is 35.9 Å². The Morgan fingerprint density at radius 1 is 1.35 bits per heavy atom. The Balaban J connectivity index is 1.52. The van der Waals surface area contributed by atoms with Crippen LogP contribution in [0.1, 0.15) is 38.2 Å². The lowest BCUT2D eigenvalue weighted by Gasteiger charge is -2.26. The van der Waals surface area contributed by atoms with E-state index in [1.165, 1.54) is 5.56 Å². The van der Waals surface area contributed by atoms with Gasteiger partial charge in [0.2, 0.25) is 0 Å². The topological polar surface area (TPSA) is 55.6 Å². The third-order valence-corrected chi connectivity index (χ3v) is 5.38. The van der Waals surface area contributed by atoms with Crippen molar-refractivity contribution in [2.24, 2.45) is 11.1 Å². The van der Waals surface area contributed by atoms with Gasteiger partial charge in [0.25, 0.3) is 5.91 Å².